The highest BCUT2D eigenvalue weighted by molar-refractivity contribution is 5.97. The molecule has 0 atom stereocenters. The van der Waals surface area contributed by atoms with E-state index in [9.17, 15) is 23.1 Å². The minimum atomic E-state index is -4.42. The number of alkyl halides is 3. The van der Waals surface area contributed by atoms with Crippen LogP contribution in [-0.2, 0) is 17.5 Å². The van der Waals surface area contributed by atoms with Crippen LogP contribution in [0.5, 0.6) is 5.75 Å². The summed E-state index contributed by atoms with van der Waals surface area (Å²) in [6.45, 7) is 1.48. The molecular weight excluding hydrogens is 411 g/mol. The van der Waals surface area contributed by atoms with Crippen molar-refractivity contribution in [3.63, 3.8) is 0 Å². The minimum Gasteiger partial charge on any atom is -0.506 e. The summed E-state index contributed by atoms with van der Waals surface area (Å²) < 4.78 is 43.7. The molecule has 2 aromatic rings. The van der Waals surface area contributed by atoms with Gasteiger partial charge in [-0.05, 0) is 55.2 Å². The first-order chi connectivity index (χ1) is 14.8. The van der Waals surface area contributed by atoms with E-state index >= 15 is 0 Å². The number of methoxy groups -OCH3 is 1. The monoisotopic (exact) mass is 435 g/mol. The van der Waals surface area contributed by atoms with Gasteiger partial charge in [0, 0.05) is 13.1 Å². The molecule has 0 radical (unpaired) electrons. The van der Waals surface area contributed by atoms with E-state index in [-0.39, 0.29) is 23.5 Å². The molecule has 0 aromatic heterocycles. The number of aromatic hydroxyl groups is 1. The highest BCUT2D eigenvalue weighted by Crippen LogP contribution is 2.30. The van der Waals surface area contributed by atoms with Crippen molar-refractivity contribution < 1.29 is 27.8 Å². The molecule has 2 N–H and O–H groups in total. The van der Waals surface area contributed by atoms with E-state index in [1.807, 2.05) is 4.90 Å². The average molecular weight is 435 g/mol. The number of benzene rings is 2. The van der Waals surface area contributed by atoms with Crippen molar-refractivity contribution in [1.29, 1.82) is 0 Å². The summed E-state index contributed by atoms with van der Waals surface area (Å²) >= 11 is 0. The lowest BCUT2D eigenvalue weighted by Crippen LogP contribution is -2.40. The van der Waals surface area contributed by atoms with Gasteiger partial charge in [0.1, 0.15) is 5.75 Å². The topological polar surface area (TPSA) is 74.2 Å². The molecule has 2 aromatic carbocycles. The van der Waals surface area contributed by atoms with E-state index in [1.165, 1.54) is 31.4 Å². The van der Waals surface area contributed by atoms with E-state index in [2.05, 4.69) is 10.3 Å². The molecule has 31 heavy (non-hydrogen) atoms. The number of carbonyl (C=O) groups is 1. The summed E-state index contributed by atoms with van der Waals surface area (Å²) in [4.78, 5) is 18.3. The van der Waals surface area contributed by atoms with E-state index in [1.54, 1.807) is 6.07 Å². The van der Waals surface area contributed by atoms with E-state index in [0.717, 1.165) is 44.5 Å². The van der Waals surface area contributed by atoms with Crippen LogP contribution >= 0.6 is 0 Å². The molecule has 1 fully saturated rings. The number of hydrogen-bond donors (Lipinski definition) is 2. The summed E-state index contributed by atoms with van der Waals surface area (Å²) in [6.07, 6.45) is -1.43. The number of rotatable bonds is 4. The summed E-state index contributed by atoms with van der Waals surface area (Å²) in [5, 5.41) is 13.3. The third kappa shape index (κ3) is 5.90. The van der Waals surface area contributed by atoms with Gasteiger partial charge in [0.2, 0.25) is 0 Å². The van der Waals surface area contributed by atoms with E-state index < -0.39 is 17.7 Å². The molecule has 6 nitrogen and oxygen atoms in total. The first kappa shape index (κ1) is 22.5. The van der Waals surface area contributed by atoms with Gasteiger partial charge in [0.25, 0.3) is 0 Å². The zero-order valence-electron chi connectivity index (χ0n) is 17.1. The van der Waals surface area contributed by atoms with Gasteiger partial charge in [0.05, 0.1) is 30.5 Å². The molecule has 3 rings (SSSR count). The fourth-order valence-electron chi connectivity index (χ4n) is 3.34. The maximum Gasteiger partial charge on any atom is 0.416 e. The third-order valence-electron chi connectivity index (χ3n) is 4.99. The number of guanidine groups is 1. The Bertz CT molecular complexity index is 955. The number of anilines is 1. The molecule has 0 unspecified atom stereocenters. The smallest absolute Gasteiger partial charge is 0.416 e. The Hall–Kier alpha value is -3.23. The van der Waals surface area contributed by atoms with Crippen LogP contribution in [0.2, 0.25) is 0 Å². The lowest BCUT2D eigenvalue weighted by molar-refractivity contribution is -0.137. The predicted octanol–water partition coefficient (Wildman–Crippen LogP) is 4.65. The van der Waals surface area contributed by atoms with Gasteiger partial charge in [0.15, 0.2) is 5.96 Å². The molecule has 9 heteroatoms. The van der Waals surface area contributed by atoms with Gasteiger partial charge in [-0.1, -0.05) is 12.1 Å². The number of likely N-dealkylation sites (tertiary alicyclic amines) is 1. The second-order valence-electron chi connectivity index (χ2n) is 7.23. The Morgan fingerprint density at radius 2 is 1.90 bits per heavy atom. The third-order valence-corrected chi connectivity index (χ3v) is 4.99. The minimum absolute atomic E-state index is 0.0280. The van der Waals surface area contributed by atoms with Crippen LogP contribution in [0.3, 0.4) is 0 Å². The Morgan fingerprint density at radius 3 is 2.58 bits per heavy atom. The quantitative estimate of drug-likeness (QED) is 0.317. The van der Waals surface area contributed by atoms with E-state index in [4.69, 9.17) is 4.74 Å². The number of nitrogens with zero attached hydrogens (tertiary/aromatic N) is 2. The maximum absolute atomic E-state index is 13.0. The normalized spacial score (nSPS) is 15.0. The highest BCUT2D eigenvalue weighted by atomic mass is 19.4. The average Bonchev–Trinajstić information content (AvgIpc) is 2.77. The molecule has 1 heterocycles. The first-order valence-electron chi connectivity index (χ1n) is 9.92. The molecule has 1 aliphatic heterocycles. The number of carbonyl (C=O) groups excluding carboxylic acids is 1. The lowest BCUT2D eigenvalue weighted by atomic mass is 10.1. The van der Waals surface area contributed by atoms with Crippen LogP contribution in [0.15, 0.2) is 47.5 Å². The SMILES string of the molecule is COC(=O)c1ccc(O)c(NC(=NCc2cccc(C(F)(F)F)c2)N2CCCCC2)c1. The predicted molar refractivity (Wildman–Crippen MR) is 111 cm³/mol. The number of esters is 1. The molecule has 166 valence electrons. The number of aliphatic imine (C=N–C) groups is 1. The van der Waals surface area contributed by atoms with Crippen LogP contribution in [0.4, 0.5) is 18.9 Å². The Kier molecular flexibility index (Phi) is 7.04. The van der Waals surface area contributed by atoms with Crippen LogP contribution in [-0.4, -0.2) is 42.1 Å². The lowest BCUT2D eigenvalue weighted by Gasteiger charge is -2.30. The van der Waals surface area contributed by atoms with Crippen molar-refractivity contribution in [2.75, 3.05) is 25.5 Å². The largest absolute Gasteiger partial charge is 0.506 e. The van der Waals surface area contributed by atoms with Crippen molar-refractivity contribution in [1.82, 2.24) is 4.90 Å². The highest BCUT2D eigenvalue weighted by Gasteiger charge is 2.30. The van der Waals surface area contributed by atoms with Crippen molar-refractivity contribution in [2.24, 2.45) is 4.99 Å². The number of phenols is 1. The van der Waals surface area contributed by atoms with Gasteiger partial charge in [-0.25, -0.2) is 9.79 Å². The molecule has 1 saturated heterocycles. The van der Waals surface area contributed by atoms with Crippen molar-refractivity contribution >= 4 is 17.6 Å². The molecular formula is C22H24F3N3O3. The van der Waals surface area contributed by atoms with Gasteiger partial charge >= 0.3 is 12.1 Å². The molecule has 0 spiro atoms. The van der Waals surface area contributed by atoms with Gasteiger partial charge in [-0.3, -0.25) is 0 Å². The molecule has 0 saturated carbocycles. The molecule has 1 aliphatic rings. The number of piperidine rings is 1. The van der Waals surface area contributed by atoms with Gasteiger partial charge in [-0.15, -0.1) is 0 Å². The maximum atomic E-state index is 13.0. The number of ether oxygens (including phenoxy) is 1. The van der Waals surface area contributed by atoms with Crippen LogP contribution in [0, 0.1) is 0 Å². The van der Waals surface area contributed by atoms with Gasteiger partial charge < -0.3 is 20.1 Å². The Labute approximate surface area is 178 Å². The Morgan fingerprint density at radius 1 is 1.16 bits per heavy atom. The van der Waals surface area contributed by atoms with Crippen molar-refractivity contribution in [2.45, 2.75) is 32.0 Å². The fraction of sp³-hybridized carbons (Fsp3) is 0.364. The van der Waals surface area contributed by atoms with E-state index in [0.29, 0.717) is 11.5 Å². The number of hydrogen-bond acceptors (Lipinski definition) is 4. The van der Waals surface area contributed by atoms with Gasteiger partial charge in [-0.2, -0.15) is 13.2 Å². The van der Waals surface area contributed by atoms with Crippen LogP contribution in [0.25, 0.3) is 0 Å². The second-order valence-corrected chi connectivity index (χ2v) is 7.23. The zero-order chi connectivity index (χ0) is 22.4. The summed E-state index contributed by atoms with van der Waals surface area (Å²) in [5.41, 5.74) is 0.199. The summed E-state index contributed by atoms with van der Waals surface area (Å²) in [5.74, 6) is -0.214. The molecule has 0 aliphatic carbocycles. The van der Waals surface area contributed by atoms with Crippen molar-refractivity contribution in [3.8, 4) is 5.75 Å². The number of phenolic OH excluding ortho intramolecular Hbond substituents is 1. The molecule has 0 amide bonds. The first-order valence-corrected chi connectivity index (χ1v) is 9.92. The number of halogens is 3. The second kappa shape index (κ2) is 9.72. The number of nitrogens with one attached hydrogen (secondary N) is 1. The van der Waals surface area contributed by atoms with Crippen molar-refractivity contribution in [3.05, 3.63) is 59.2 Å². The van der Waals surface area contributed by atoms with Crippen LogP contribution < -0.4 is 5.32 Å². The standard InChI is InChI=1S/C22H24F3N3O3/c1-31-20(30)16-8-9-19(29)18(13-16)27-21(28-10-3-2-4-11-28)26-14-15-6-5-7-17(12-15)22(23,24)25/h5-9,12-13,29H,2-4,10-11,14H2,1H3,(H,26,27). The zero-order valence-corrected chi connectivity index (χ0v) is 17.1. The fourth-order valence-corrected chi connectivity index (χ4v) is 3.34. The summed E-state index contributed by atoms with van der Waals surface area (Å²) in [7, 11) is 1.26. The van der Waals surface area contributed by atoms with Crippen LogP contribution in [0.1, 0.15) is 40.7 Å². The summed E-state index contributed by atoms with van der Waals surface area (Å²) in [6, 6.07) is 9.29. The molecule has 0 bridgehead atoms. The Balaban J connectivity index is 1.88.